The van der Waals surface area contributed by atoms with Crippen LogP contribution in [0.4, 0.5) is 0 Å². The Morgan fingerprint density at radius 2 is 2.14 bits per heavy atom. The van der Waals surface area contributed by atoms with Gasteiger partial charge >= 0.3 is 5.63 Å². The lowest BCUT2D eigenvalue weighted by Crippen LogP contribution is -2.20. The van der Waals surface area contributed by atoms with Gasteiger partial charge in [-0.25, -0.2) is 4.79 Å². The first-order chi connectivity index (χ1) is 10.0. The molecule has 0 aliphatic heterocycles. The molecular formula is C15H16ClNO4. The zero-order valence-electron chi connectivity index (χ0n) is 11.6. The number of nitrogens with two attached hydrogens (primary N) is 1. The number of primary amides is 1. The Morgan fingerprint density at radius 1 is 1.38 bits per heavy atom. The largest absolute Gasteiger partial charge is 0.482 e. The summed E-state index contributed by atoms with van der Waals surface area (Å²) in [5.74, 6) is -0.344. The summed E-state index contributed by atoms with van der Waals surface area (Å²) in [4.78, 5) is 22.4. The molecule has 2 rings (SSSR count). The number of hydrogen-bond donors (Lipinski definition) is 1. The molecule has 0 unspecified atom stereocenters. The predicted molar refractivity (Wildman–Crippen MR) is 80.8 cm³/mol. The second-order valence-corrected chi connectivity index (χ2v) is 5.14. The number of carbonyl (C=O) groups is 1. The van der Waals surface area contributed by atoms with Crippen LogP contribution in [-0.4, -0.2) is 12.5 Å². The first kappa shape index (κ1) is 15.4. The van der Waals surface area contributed by atoms with Gasteiger partial charge in [-0.3, -0.25) is 4.79 Å². The summed E-state index contributed by atoms with van der Waals surface area (Å²) in [6.07, 6.45) is 2.77. The van der Waals surface area contributed by atoms with Crippen LogP contribution >= 0.6 is 11.6 Å². The normalized spacial score (nSPS) is 10.8. The molecule has 0 saturated heterocycles. The molecule has 0 atom stereocenters. The van der Waals surface area contributed by atoms with Crippen LogP contribution in [0.5, 0.6) is 5.75 Å². The lowest BCUT2D eigenvalue weighted by atomic mass is 10.0. The fourth-order valence-corrected chi connectivity index (χ4v) is 2.28. The van der Waals surface area contributed by atoms with Crippen molar-refractivity contribution in [3.8, 4) is 5.75 Å². The quantitative estimate of drug-likeness (QED) is 0.832. The number of rotatable bonds is 6. The van der Waals surface area contributed by atoms with E-state index in [1.165, 1.54) is 12.1 Å². The molecule has 1 heterocycles. The topological polar surface area (TPSA) is 82.5 Å². The number of hydrogen-bond acceptors (Lipinski definition) is 4. The third-order valence-electron chi connectivity index (χ3n) is 3.05. The molecule has 0 bridgehead atoms. The van der Waals surface area contributed by atoms with E-state index < -0.39 is 11.5 Å². The summed E-state index contributed by atoms with van der Waals surface area (Å²) in [5, 5.41) is 1.12. The lowest BCUT2D eigenvalue weighted by molar-refractivity contribution is -0.119. The Kier molecular flexibility index (Phi) is 4.85. The number of amides is 1. The smallest absolute Gasteiger partial charge is 0.336 e. The van der Waals surface area contributed by atoms with Crippen LogP contribution in [0.1, 0.15) is 25.3 Å². The highest BCUT2D eigenvalue weighted by Gasteiger charge is 2.11. The third kappa shape index (κ3) is 3.76. The number of unbranched alkanes of at least 4 members (excludes halogenated alkanes) is 1. The second-order valence-electron chi connectivity index (χ2n) is 4.73. The number of carbonyl (C=O) groups excluding carboxylic acids is 1. The molecule has 2 aromatic rings. The van der Waals surface area contributed by atoms with Crippen LogP contribution < -0.4 is 16.1 Å². The van der Waals surface area contributed by atoms with Gasteiger partial charge in [-0.1, -0.05) is 24.9 Å². The number of ether oxygens (including phenoxy) is 1. The van der Waals surface area contributed by atoms with Gasteiger partial charge in [0, 0.05) is 17.5 Å². The van der Waals surface area contributed by atoms with Crippen molar-refractivity contribution >= 4 is 28.5 Å². The maximum Gasteiger partial charge on any atom is 0.336 e. The highest BCUT2D eigenvalue weighted by atomic mass is 35.5. The highest BCUT2D eigenvalue weighted by molar-refractivity contribution is 6.32. The van der Waals surface area contributed by atoms with Gasteiger partial charge in [-0.15, -0.1) is 0 Å². The summed E-state index contributed by atoms with van der Waals surface area (Å²) in [7, 11) is 0. The first-order valence-corrected chi connectivity index (χ1v) is 7.06. The molecule has 1 amide bonds. The molecule has 1 aromatic carbocycles. The van der Waals surface area contributed by atoms with Crippen molar-refractivity contribution in [2.45, 2.75) is 26.2 Å². The molecule has 21 heavy (non-hydrogen) atoms. The monoisotopic (exact) mass is 309 g/mol. The molecule has 0 aliphatic rings. The van der Waals surface area contributed by atoms with Crippen LogP contribution in [0.15, 0.2) is 27.4 Å². The molecule has 112 valence electrons. The van der Waals surface area contributed by atoms with Crippen molar-refractivity contribution in [2.75, 3.05) is 6.61 Å². The van der Waals surface area contributed by atoms with E-state index in [1.54, 1.807) is 6.07 Å². The molecule has 5 nitrogen and oxygen atoms in total. The van der Waals surface area contributed by atoms with Crippen molar-refractivity contribution in [2.24, 2.45) is 5.73 Å². The lowest BCUT2D eigenvalue weighted by Gasteiger charge is -2.09. The average molecular weight is 310 g/mol. The van der Waals surface area contributed by atoms with E-state index in [0.29, 0.717) is 10.6 Å². The molecule has 0 radical (unpaired) electrons. The summed E-state index contributed by atoms with van der Waals surface area (Å²) in [5.41, 5.74) is 5.89. The molecule has 0 fully saturated rings. The van der Waals surface area contributed by atoms with Crippen LogP contribution in [0.25, 0.3) is 11.0 Å². The molecule has 2 N–H and O–H groups in total. The van der Waals surface area contributed by atoms with E-state index in [-0.39, 0.29) is 12.4 Å². The molecule has 0 aliphatic carbocycles. The maximum atomic E-state index is 11.6. The van der Waals surface area contributed by atoms with E-state index >= 15 is 0 Å². The molecular weight excluding hydrogens is 294 g/mol. The van der Waals surface area contributed by atoms with Crippen molar-refractivity contribution in [1.82, 2.24) is 0 Å². The van der Waals surface area contributed by atoms with Crippen LogP contribution in [0.3, 0.4) is 0 Å². The Labute approximate surface area is 126 Å². The van der Waals surface area contributed by atoms with Gasteiger partial charge < -0.3 is 14.9 Å². The van der Waals surface area contributed by atoms with Crippen molar-refractivity contribution < 1.29 is 13.9 Å². The minimum Gasteiger partial charge on any atom is -0.482 e. The minimum atomic E-state index is -0.607. The fourth-order valence-electron chi connectivity index (χ4n) is 2.06. The van der Waals surface area contributed by atoms with Crippen molar-refractivity contribution in [3.05, 3.63) is 39.2 Å². The number of benzene rings is 1. The Balaban J connectivity index is 2.47. The number of aryl methyl sites for hydroxylation is 1. The maximum absolute atomic E-state index is 11.6. The van der Waals surface area contributed by atoms with E-state index in [4.69, 9.17) is 26.5 Å². The van der Waals surface area contributed by atoms with Gasteiger partial charge in [0.25, 0.3) is 5.91 Å². The minimum absolute atomic E-state index is 0.263. The Morgan fingerprint density at radius 3 is 2.81 bits per heavy atom. The van der Waals surface area contributed by atoms with Gasteiger partial charge in [0.1, 0.15) is 11.3 Å². The Bertz CT molecular complexity index is 723. The van der Waals surface area contributed by atoms with E-state index in [1.807, 2.05) is 0 Å². The molecule has 0 saturated carbocycles. The average Bonchev–Trinajstić information content (AvgIpc) is 2.43. The highest BCUT2D eigenvalue weighted by Crippen LogP contribution is 2.31. The van der Waals surface area contributed by atoms with E-state index in [0.717, 1.165) is 30.2 Å². The summed E-state index contributed by atoms with van der Waals surface area (Å²) in [6, 6.07) is 4.68. The fraction of sp³-hybridized carbons (Fsp3) is 0.333. The Hall–Kier alpha value is -2.01. The predicted octanol–water partition coefficient (Wildman–Crippen LogP) is 2.65. The standard InChI is InChI=1S/C15H16ClNO4/c1-2-3-4-9-5-15(19)21-12-7-13(20-8-14(17)18)11(16)6-10(9)12/h5-7H,2-4,8H2,1H3,(H2,17,18). The zero-order chi connectivity index (χ0) is 15.4. The van der Waals surface area contributed by atoms with Crippen LogP contribution in [0, 0.1) is 0 Å². The van der Waals surface area contributed by atoms with Gasteiger partial charge in [0.05, 0.1) is 5.02 Å². The summed E-state index contributed by atoms with van der Waals surface area (Å²) < 4.78 is 10.4. The van der Waals surface area contributed by atoms with Gasteiger partial charge in [0.15, 0.2) is 6.61 Å². The second kappa shape index (κ2) is 6.63. The van der Waals surface area contributed by atoms with Gasteiger partial charge in [-0.2, -0.15) is 0 Å². The first-order valence-electron chi connectivity index (χ1n) is 6.68. The third-order valence-corrected chi connectivity index (χ3v) is 3.35. The zero-order valence-corrected chi connectivity index (χ0v) is 12.4. The van der Waals surface area contributed by atoms with Gasteiger partial charge in [-0.05, 0) is 24.5 Å². The number of fused-ring (bicyclic) bond motifs is 1. The van der Waals surface area contributed by atoms with Crippen molar-refractivity contribution in [1.29, 1.82) is 0 Å². The van der Waals surface area contributed by atoms with Crippen LogP contribution in [0.2, 0.25) is 5.02 Å². The van der Waals surface area contributed by atoms with Gasteiger partial charge in [0.2, 0.25) is 0 Å². The number of halogens is 1. The summed E-state index contributed by atoms with van der Waals surface area (Å²) >= 11 is 6.14. The van der Waals surface area contributed by atoms with E-state index in [9.17, 15) is 9.59 Å². The van der Waals surface area contributed by atoms with Crippen molar-refractivity contribution in [3.63, 3.8) is 0 Å². The van der Waals surface area contributed by atoms with Crippen LogP contribution in [-0.2, 0) is 11.2 Å². The molecule has 0 spiro atoms. The molecule has 1 aromatic heterocycles. The van der Waals surface area contributed by atoms with E-state index in [2.05, 4.69) is 6.92 Å². The summed E-state index contributed by atoms with van der Waals surface area (Å²) in [6.45, 7) is 1.79. The SMILES string of the molecule is CCCCc1cc(=O)oc2cc(OCC(N)=O)c(Cl)cc12. The molecule has 6 heteroatoms.